The van der Waals surface area contributed by atoms with Gasteiger partial charge in [0.2, 0.25) is 0 Å². The van der Waals surface area contributed by atoms with Crippen molar-refractivity contribution in [2.45, 2.75) is 64.6 Å². The van der Waals surface area contributed by atoms with Crippen LogP contribution in [0.3, 0.4) is 0 Å². The van der Waals surface area contributed by atoms with Crippen LogP contribution in [-0.4, -0.2) is 64.0 Å². The summed E-state index contributed by atoms with van der Waals surface area (Å²) >= 11 is 0. The van der Waals surface area contributed by atoms with Crippen LogP contribution in [0.4, 0.5) is 0 Å². The van der Waals surface area contributed by atoms with Gasteiger partial charge in [-0.05, 0) is 25.7 Å². The van der Waals surface area contributed by atoms with E-state index in [1.165, 1.54) is 0 Å². The zero-order chi connectivity index (χ0) is 20.9. The summed E-state index contributed by atoms with van der Waals surface area (Å²) in [7, 11) is -9.28. The topological polar surface area (TPSA) is 205 Å². The van der Waals surface area contributed by atoms with Crippen LogP contribution in [0, 0.1) is 0 Å². The minimum atomic E-state index is -4.64. The van der Waals surface area contributed by atoms with Gasteiger partial charge in [-0.1, -0.05) is 27.7 Å². The lowest BCUT2D eigenvalue weighted by atomic mass is 9.75. The third-order valence-electron chi connectivity index (χ3n) is 3.63. The molecule has 0 aliphatic heterocycles. The molecule has 0 amide bonds. The van der Waals surface area contributed by atoms with E-state index in [9.17, 15) is 5.11 Å². The van der Waals surface area contributed by atoms with E-state index in [0.717, 1.165) is 12.8 Å². The number of phosphoric acid groups is 2. The maximum Gasteiger partial charge on any atom is 0.466 e. The van der Waals surface area contributed by atoms with Crippen molar-refractivity contribution in [1.29, 1.82) is 0 Å². The first-order valence-electron chi connectivity index (χ1n) is 7.59. The van der Waals surface area contributed by atoms with Crippen LogP contribution in [0.2, 0.25) is 0 Å². The minimum absolute atomic E-state index is 0.00522. The second-order valence-corrected chi connectivity index (χ2v) is 7.09. The second kappa shape index (κ2) is 13.3. The second-order valence-electron chi connectivity index (χ2n) is 5.04. The lowest BCUT2D eigenvalue weighted by Crippen LogP contribution is -2.55. The third kappa shape index (κ3) is 17.3. The van der Waals surface area contributed by atoms with Gasteiger partial charge in [0.15, 0.2) is 0 Å². The van der Waals surface area contributed by atoms with Gasteiger partial charge in [0, 0.05) is 0 Å². The zero-order valence-electron chi connectivity index (χ0n) is 14.9. The van der Waals surface area contributed by atoms with Crippen molar-refractivity contribution in [2.24, 2.45) is 0 Å². The SMILES string of the molecule is CCC(O)(CC)C(CC)(CC)OCCO.O=P(O)(O)O.O=P(O)(O)O. The van der Waals surface area contributed by atoms with Gasteiger partial charge in [-0.25, -0.2) is 9.13 Å². The molecule has 0 aromatic heterocycles. The van der Waals surface area contributed by atoms with Crippen molar-refractivity contribution >= 4 is 15.6 Å². The van der Waals surface area contributed by atoms with Gasteiger partial charge >= 0.3 is 15.6 Å². The van der Waals surface area contributed by atoms with E-state index in [1.807, 2.05) is 27.7 Å². The fourth-order valence-corrected chi connectivity index (χ4v) is 2.38. The summed E-state index contributed by atoms with van der Waals surface area (Å²) in [6.45, 7) is 8.31. The molecule has 13 heteroatoms. The van der Waals surface area contributed by atoms with Crippen molar-refractivity contribution in [3.05, 3.63) is 0 Å². The Morgan fingerprint density at radius 1 is 0.760 bits per heavy atom. The standard InChI is InChI=1S/C12H26O3.2H3O4P/c1-5-11(14,6-2)12(7-3,8-4)15-10-9-13;2*1-5(2,3)4/h13-14H,5-10H2,1-4H3;2*(H3,1,2,3,4). The maximum atomic E-state index is 10.6. The molecule has 0 spiro atoms. The van der Waals surface area contributed by atoms with Crippen LogP contribution in [0.5, 0.6) is 0 Å². The van der Waals surface area contributed by atoms with Gasteiger partial charge in [-0.15, -0.1) is 0 Å². The van der Waals surface area contributed by atoms with Crippen molar-refractivity contribution in [2.75, 3.05) is 13.2 Å². The third-order valence-corrected chi connectivity index (χ3v) is 3.63. The van der Waals surface area contributed by atoms with Gasteiger partial charge < -0.3 is 44.3 Å². The predicted molar refractivity (Wildman–Crippen MR) is 90.4 cm³/mol. The van der Waals surface area contributed by atoms with Crippen molar-refractivity contribution in [1.82, 2.24) is 0 Å². The average Bonchev–Trinajstić information content (AvgIpc) is 2.45. The van der Waals surface area contributed by atoms with Crippen molar-refractivity contribution in [3.63, 3.8) is 0 Å². The molecule has 0 aromatic rings. The molecule has 0 aliphatic carbocycles. The van der Waals surface area contributed by atoms with Gasteiger partial charge in [0.1, 0.15) is 0 Å². The monoisotopic (exact) mass is 414 g/mol. The van der Waals surface area contributed by atoms with Gasteiger partial charge in [-0.2, -0.15) is 0 Å². The number of hydrogen-bond acceptors (Lipinski definition) is 5. The predicted octanol–water partition coefficient (Wildman–Crippen LogP) is 0.248. The first-order chi connectivity index (χ1) is 11.1. The summed E-state index contributed by atoms with van der Waals surface area (Å²) in [5.74, 6) is 0. The van der Waals surface area contributed by atoms with Crippen LogP contribution >= 0.6 is 15.6 Å². The molecule has 8 N–H and O–H groups in total. The Morgan fingerprint density at radius 2 is 1.04 bits per heavy atom. The molecule has 0 atom stereocenters. The first-order valence-corrected chi connectivity index (χ1v) is 10.7. The molecule has 25 heavy (non-hydrogen) atoms. The summed E-state index contributed by atoms with van der Waals surface area (Å²) in [5.41, 5.74) is -1.30. The number of aliphatic hydroxyl groups excluding tert-OH is 1. The number of rotatable bonds is 8. The number of ether oxygens (including phenoxy) is 1. The number of aliphatic hydroxyl groups is 2. The summed E-state index contributed by atoms with van der Waals surface area (Å²) in [4.78, 5) is 43.1. The molecule has 0 saturated heterocycles. The number of hydrogen-bond donors (Lipinski definition) is 8. The largest absolute Gasteiger partial charge is 0.466 e. The van der Waals surface area contributed by atoms with Crippen LogP contribution in [-0.2, 0) is 13.9 Å². The van der Waals surface area contributed by atoms with Crippen LogP contribution in [0.15, 0.2) is 0 Å². The van der Waals surface area contributed by atoms with Gasteiger partial charge in [0.25, 0.3) is 0 Å². The molecule has 0 radical (unpaired) electrons. The Morgan fingerprint density at radius 3 is 1.20 bits per heavy atom. The van der Waals surface area contributed by atoms with E-state index < -0.39 is 26.8 Å². The molecule has 0 heterocycles. The molecule has 0 saturated carbocycles. The van der Waals surface area contributed by atoms with E-state index in [2.05, 4.69) is 0 Å². The molecule has 0 fully saturated rings. The lowest BCUT2D eigenvalue weighted by Gasteiger charge is -2.45. The molecule has 0 unspecified atom stereocenters. The highest BCUT2D eigenvalue weighted by Crippen LogP contribution is 2.38. The molecule has 156 valence electrons. The lowest BCUT2D eigenvalue weighted by molar-refractivity contribution is -0.195. The average molecular weight is 414 g/mol. The minimum Gasteiger partial charge on any atom is -0.394 e. The molecule has 11 nitrogen and oxygen atoms in total. The molecule has 0 rings (SSSR count). The quantitative estimate of drug-likeness (QED) is 0.253. The van der Waals surface area contributed by atoms with Crippen LogP contribution in [0.1, 0.15) is 53.4 Å². The Kier molecular flexibility index (Phi) is 15.9. The van der Waals surface area contributed by atoms with Crippen molar-refractivity contribution < 1.29 is 53.4 Å². The molecular weight excluding hydrogens is 382 g/mol. The Bertz CT molecular complexity index is 373. The zero-order valence-corrected chi connectivity index (χ0v) is 16.7. The summed E-state index contributed by atoms with van der Waals surface area (Å²) in [6, 6.07) is 0. The molecular formula is C12H32O11P2. The molecule has 0 aromatic carbocycles. The molecule has 0 aliphatic rings. The normalized spacial score (nSPS) is 12.6. The van der Waals surface area contributed by atoms with E-state index in [0.29, 0.717) is 19.4 Å². The maximum absolute atomic E-state index is 10.6. The fourth-order valence-electron chi connectivity index (χ4n) is 2.38. The van der Waals surface area contributed by atoms with Crippen molar-refractivity contribution in [3.8, 4) is 0 Å². The molecule has 0 bridgehead atoms. The van der Waals surface area contributed by atoms with Gasteiger partial charge in [-0.3, -0.25) is 0 Å². The van der Waals surface area contributed by atoms with Crippen LogP contribution < -0.4 is 0 Å². The van der Waals surface area contributed by atoms with E-state index in [1.54, 1.807) is 0 Å². The summed E-state index contributed by atoms with van der Waals surface area (Å²) < 4.78 is 23.5. The summed E-state index contributed by atoms with van der Waals surface area (Å²) in [5, 5.41) is 19.4. The summed E-state index contributed by atoms with van der Waals surface area (Å²) in [6.07, 6.45) is 2.89. The Hall–Kier alpha value is 0.1000. The van der Waals surface area contributed by atoms with Gasteiger partial charge in [0.05, 0.1) is 24.4 Å². The Balaban J connectivity index is -0.000000396. The first kappa shape index (κ1) is 29.8. The highest BCUT2D eigenvalue weighted by Gasteiger charge is 2.46. The smallest absolute Gasteiger partial charge is 0.394 e. The van der Waals surface area contributed by atoms with E-state index in [4.69, 9.17) is 48.3 Å². The highest BCUT2D eigenvalue weighted by molar-refractivity contribution is 7.45. The van der Waals surface area contributed by atoms with Crippen LogP contribution in [0.25, 0.3) is 0 Å². The van der Waals surface area contributed by atoms with E-state index >= 15 is 0 Å². The van der Waals surface area contributed by atoms with E-state index in [-0.39, 0.29) is 6.61 Å². The highest BCUT2D eigenvalue weighted by atomic mass is 31.2. The Labute approximate surface area is 147 Å². The fraction of sp³-hybridized carbons (Fsp3) is 1.00.